The van der Waals surface area contributed by atoms with Crippen LogP contribution < -0.4 is 9.74 Å². The molecule has 0 aliphatic rings. The minimum absolute atomic E-state index is 0.199. The molecule has 0 N–H and O–H groups in total. The largest absolute Gasteiger partial charge is 0.318 e. The summed E-state index contributed by atoms with van der Waals surface area (Å²) < 4.78 is 4.68. The molecule has 0 unspecified atom stereocenters. The van der Waals surface area contributed by atoms with Crippen molar-refractivity contribution in [1.29, 1.82) is 0 Å². The average molecular weight is 205 g/mol. The van der Waals surface area contributed by atoms with E-state index in [9.17, 15) is 4.79 Å². The summed E-state index contributed by atoms with van der Waals surface area (Å²) in [6.07, 6.45) is 1.38. The molecule has 5 nitrogen and oxygen atoms in total. The monoisotopic (exact) mass is 205 g/mol. The number of hydrogen-bond donors (Lipinski definition) is 0. The quantitative estimate of drug-likeness (QED) is 0.674. The van der Waals surface area contributed by atoms with Gasteiger partial charge in [-0.2, -0.15) is 0 Å². The van der Waals surface area contributed by atoms with Gasteiger partial charge in [-0.25, -0.2) is 0 Å². The molecule has 0 saturated carbocycles. The van der Waals surface area contributed by atoms with Crippen molar-refractivity contribution in [3.05, 3.63) is 47.8 Å². The third kappa shape index (κ3) is 1.85. The summed E-state index contributed by atoms with van der Waals surface area (Å²) in [5.41, 5.74) is 0.775. The van der Waals surface area contributed by atoms with Crippen molar-refractivity contribution >= 4 is 5.78 Å². The lowest BCUT2D eigenvalue weighted by atomic mass is 10.1. The van der Waals surface area contributed by atoms with Gasteiger partial charge in [-0.15, -0.1) is 0 Å². The number of carbonyl (C=O) groups is 1. The van der Waals surface area contributed by atoms with Crippen LogP contribution in [0.15, 0.2) is 41.2 Å². The van der Waals surface area contributed by atoms with Gasteiger partial charge in [0.1, 0.15) is 12.0 Å². The Morgan fingerprint density at radius 1 is 1.40 bits per heavy atom. The number of carbonyl (C=O) groups excluding carboxylic acids is 1. The van der Waals surface area contributed by atoms with Crippen LogP contribution in [-0.4, -0.2) is 18.0 Å². The standard InChI is InChI=1S/C10H9N2O3/c1-14-12-7-9(11-15-12)10(13)8-5-3-2-4-6-8/h2-7H,1H3/q+1. The molecule has 0 bridgehead atoms. The number of hydrogen-bond acceptors (Lipinski definition) is 4. The van der Waals surface area contributed by atoms with E-state index in [4.69, 9.17) is 4.84 Å². The summed E-state index contributed by atoms with van der Waals surface area (Å²) in [4.78, 5) is 17.5. The molecule has 1 aromatic carbocycles. The van der Waals surface area contributed by atoms with Crippen LogP contribution in [0.25, 0.3) is 0 Å². The van der Waals surface area contributed by atoms with Crippen molar-refractivity contribution in [3.63, 3.8) is 0 Å². The Kier molecular flexibility index (Phi) is 2.45. The van der Waals surface area contributed by atoms with Crippen molar-refractivity contribution in [1.82, 2.24) is 5.16 Å². The zero-order chi connectivity index (χ0) is 10.7. The third-order valence-corrected chi connectivity index (χ3v) is 1.90. The van der Waals surface area contributed by atoms with Crippen molar-refractivity contribution < 1.29 is 19.2 Å². The SMILES string of the molecule is CO[n+]1cc(C(=O)c2ccccc2)no1. The lowest BCUT2D eigenvalue weighted by molar-refractivity contribution is -1.02. The lowest BCUT2D eigenvalue weighted by Crippen LogP contribution is -2.37. The highest BCUT2D eigenvalue weighted by molar-refractivity contribution is 6.07. The van der Waals surface area contributed by atoms with Gasteiger partial charge in [0.05, 0.1) is 0 Å². The van der Waals surface area contributed by atoms with Gasteiger partial charge >= 0.3 is 5.69 Å². The average Bonchev–Trinajstić information content (AvgIpc) is 2.78. The first-order valence-electron chi connectivity index (χ1n) is 4.34. The van der Waals surface area contributed by atoms with Crippen LogP contribution in [0, 0.1) is 0 Å². The highest BCUT2D eigenvalue weighted by Crippen LogP contribution is 2.05. The number of rotatable bonds is 3. The van der Waals surface area contributed by atoms with E-state index in [1.54, 1.807) is 24.3 Å². The molecule has 1 heterocycles. The number of nitrogens with zero attached hydrogens (tertiary/aromatic N) is 2. The van der Waals surface area contributed by atoms with E-state index in [1.807, 2.05) is 6.07 Å². The molecule has 2 aromatic rings. The van der Waals surface area contributed by atoms with Crippen LogP contribution in [-0.2, 0) is 0 Å². The summed E-state index contributed by atoms with van der Waals surface area (Å²) in [6.45, 7) is 0. The maximum absolute atomic E-state index is 11.8. The predicted octanol–water partition coefficient (Wildman–Crippen LogP) is 0.251. The van der Waals surface area contributed by atoms with E-state index in [1.165, 1.54) is 13.3 Å². The number of aromatic nitrogens is 2. The fourth-order valence-corrected chi connectivity index (χ4v) is 1.15. The van der Waals surface area contributed by atoms with E-state index in [-0.39, 0.29) is 11.5 Å². The fourth-order valence-electron chi connectivity index (χ4n) is 1.15. The molecular weight excluding hydrogens is 196 g/mol. The van der Waals surface area contributed by atoms with Crippen molar-refractivity contribution in [3.8, 4) is 0 Å². The molecule has 5 heteroatoms. The van der Waals surface area contributed by atoms with E-state index in [0.29, 0.717) is 5.56 Å². The number of ketones is 1. The van der Waals surface area contributed by atoms with Gasteiger partial charge in [-0.05, 0) is 4.63 Å². The molecule has 0 aliphatic heterocycles. The van der Waals surface area contributed by atoms with Gasteiger partial charge in [0, 0.05) is 5.56 Å². The highest BCUT2D eigenvalue weighted by atomic mass is 16.8. The van der Waals surface area contributed by atoms with Crippen molar-refractivity contribution in [2.24, 2.45) is 0 Å². The molecule has 0 radical (unpaired) electrons. The Balaban J connectivity index is 2.29. The first kappa shape index (κ1) is 9.39. The highest BCUT2D eigenvalue weighted by Gasteiger charge is 2.22. The van der Waals surface area contributed by atoms with Crippen molar-refractivity contribution in [2.75, 3.05) is 7.11 Å². The Morgan fingerprint density at radius 3 is 2.73 bits per heavy atom. The van der Waals surface area contributed by atoms with Gasteiger partial charge in [0.2, 0.25) is 12.0 Å². The van der Waals surface area contributed by atoms with Gasteiger partial charge in [-0.3, -0.25) is 4.79 Å². The van der Waals surface area contributed by atoms with Gasteiger partial charge in [0.15, 0.2) is 5.16 Å². The molecular formula is C10H9N2O3+. The summed E-state index contributed by atoms with van der Waals surface area (Å²) in [5.74, 6) is -0.199. The third-order valence-electron chi connectivity index (χ3n) is 1.90. The molecule has 1 aromatic heterocycles. The first-order valence-corrected chi connectivity index (χ1v) is 4.34. The maximum atomic E-state index is 11.8. The summed E-state index contributed by atoms with van der Waals surface area (Å²) in [7, 11) is 1.42. The molecule has 76 valence electrons. The molecule has 0 fully saturated rings. The van der Waals surface area contributed by atoms with E-state index in [0.717, 1.165) is 4.90 Å². The second kappa shape index (κ2) is 3.91. The van der Waals surface area contributed by atoms with Crippen LogP contribution in [0.5, 0.6) is 0 Å². The topological polar surface area (TPSA) is 56.2 Å². The second-order valence-corrected chi connectivity index (χ2v) is 2.85. The molecule has 0 aliphatic carbocycles. The molecule has 0 saturated heterocycles. The van der Waals surface area contributed by atoms with Crippen molar-refractivity contribution in [2.45, 2.75) is 0 Å². The molecule has 2 rings (SSSR count). The predicted molar refractivity (Wildman–Crippen MR) is 49.1 cm³/mol. The minimum Gasteiger partial charge on any atom is -0.306 e. The number of benzene rings is 1. The maximum Gasteiger partial charge on any atom is 0.318 e. The van der Waals surface area contributed by atoms with Crippen LogP contribution in [0.4, 0.5) is 0 Å². The normalized spacial score (nSPS) is 9.93. The van der Waals surface area contributed by atoms with Gasteiger partial charge in [0.25, 0.3) is 0 Å². The van der Waals surface area contributed by atoms with Gasteiger partial charge < -0.3 is 4.84 Å². The Bertz CT molecular complexity index is 465. The summed E-state index contributed by atoms with van der Waals surface area (Å²) >= 11 is 0. The molecule has 0 spiro atoms. The lowest BCUT2D eigenvalue weighted by Gasteiger charge is -1.90. The van der Waals surface area contributed by atoms with Crippen LogP contribution in [0.1, 0.15) is 16.1 Å². The molecule has 0 amide bonds. The Morgan fingerprint density at radius 2 is 2.13 bits per heavy atom. The molecule has 0 atom stereocenters. The van der Waals surface area contributed by atoms with E-state index in [2.05, 4.69) is 9.79 Å². The van der Waals surface area contributed by atoms with E-state index < -0.39 is 0 Å². The Hall–Kier alpha value is -2.17. The zero-order valence-corrected chi connectivity index (χ0v) is 8.08. The first-order chi connectivity index (χ1) is 7.31. The smallest absolute Gasteiger partial charge is 0.306 e. The summed E-state index contributed by atoms with van der Waals surface area (Å²) in [6, 6.07) is 8.85. The fraction of sp³-hybridized carbons (Fsp3) is 0.100. The zero-order valence-electron chi connectivity index (χ0n) is 8.08. The van der Waals surface area contributed by atoms with Gasteiger partial charge in [-0.1, -0.05) is 30.3 Å². The second-order valence-electron chi connectivity index (χ2n) is 2.85. The summed E-state index contributed by atoms with van der Waals surface area (Å²) in [5, 5.41) is 3.58. The van der Waals surface area contributed by atoms with Crippen LogP contribution in [0.3, 0.4) is 0 Å². The van der Waals surface area contributed by atoms with Crippen LogP contribution >= 0.6 is 0 Å². The Labute approximate surface area is 85.8 Å². The minimum atomic E-state index is -0.199. The molecule has 15 heavy (non-hydrogen) atoms. The van der Waals surface area contributed by atoms with Crippen LogP contribution in [0.2, 0.25) is 0 Å². The van der Waals surface area contributed by atoms with E-state index >= 15 is 0 Å².